The molecule has 0 aromatic rings. The van der Waals surface area contributed by atoms with E-state index in [9.17, 15) is 0 Å². The molecule has 0 saturated carbocycles. The van der Waals surface area contributed by atoms with Gasteiger partial charge in [-0.25, -0.2) is 0 Å². The summed E-state index contributed by atoms with van der Waals surface area (Å²) in [6.07, 6.45) is 1.63. The van der Waals surface area contributed by atoms with Gasteiger partial charge in [-0.15, -0.1) is 5.10 Å². The van der Waals surface area contributed by atoms with E-state index in [2.05, 4.69) is 26.1 Å². The Bertz CT molecular complexity index is 128. The van der Waals surface area contributed by atoms with Crippen molar-refractivity contribution >= 4 is 28.0 Å². The molecule has 0 fully saturated rings. The summed E-state index contributed by atoms with van der Waals surface area (Å²) in [5, 5.41) is 7.07. The van der Waals surface area contributed by atoms with E-state index in [1.165, 1.54) is 0 Å². The molecule has 0 aromatic carbocycles. The van der Waals surface area contributed by atoms with Crippen molar-refractivity contribution in [3.63, 3.8) is 0 Å². The van der Waals surface area contributed by atoms with Gasteiger partial charge in [-0.2, -0.15) is 5.10 Å². The van der Waals surface area contributed by atoms with E-state index in [1.54, 1.807) is 6.21 Å². The fraction of sp³-hybridized carbons (Fsp3) is 0.333. The molecule has 3 nitrogen and oxygen atoms in total. The lowest BCUT2D eigenvalue weighted by Crippen LogP contribution is -2.20. The molecule has 7 heavy (non-hydrogen) atoms. The fourth-order valence-corrected chi connectivity index (χ4v) is 0.487. The van der Waals surface area contributed by atoms with E-state index in [4.69, 9.17) is 5.73 Å². The fourth-order valence-electron chi connectivity index (χ4n) is 0.290. The maximum Gasteiger partial charge on any atom is 0.141 e. The molecule has 0 spiro atoms. The SMILES string of the molecule is NC1=NN=C[C@H]1Br. The molecule has 0 radical (unpaired) electrons. The lowest BCUT2D eigenvalue weighted by molar-refractivity contribution is 1.27. The van der Waals surface area contributed by atoms with Crippen LogP contribution in [0.1, 0.15) is 0 Å². The molecule has 0 amide bonds. The molecule has 0 saturated heterocycles. The number of alkyl halides is 1. The van der Waals surface area contributed by atoms with Crippen molar-refractivity contribution < 1.29 is 0 Å². The molecule has 1 heterocycles. The van der Waals surface area contributed by atoms with E-state index in [1.807, 2.05) is 0 Å². The molecule has 4 heteroatoms. The first-order valence-corrected chi connectivity index (χ1v) is 2.73. The Morgan fingerprint density at radius 1 is 1.86 bits per heavy atom. The van der Waals surface area contributed by atoms with Gasteiger partial charge in [0, 0.05) is 6.21 Å². The zero-order chi connectivity index (χ0) is 5.28. The van der Waals surface area contributed by atoms with Crippen LogP contribution in [0.5, 0.6) is 0 Å². The number of hydrogen-bond acceptors (Lipinski definition) is 3. The van der Waals surface area contributed by atoms with Crippen molar-refractivity contribution in [2.24, 2.45) is 15.9 Å². The zero-order valence-electron chi connectivity index (χ0n) is 3.50. The van der Waals surface area contributed by atoms with E-state index in [-0.39, 0.29) is 4.83 Å². The van der Waals surface area contributed by atoms with E-state index in [0.29, 0.717) is 5.84 Å². The molecular weight excluding hydrogens is 158 g/mol. The number of rotatable bonds is 0. The Balaban J connectivity index is 2.69. The van der Waals surface area contributed by atoms with Crippen molar-refractivity contribution in [2.45, 2.75) is 4.83 Å². The van der Waals surface area contributed by atoms with Gasteiger partial charge >= 0.3 is 0 Å². The first-order chi connectivity index (χ1) is 3.30. The van der Waals surface area contributed by atoms with Crippen molar-refractivity contribution in [1.29, 1.82) is 0 Å². The lowest BCUT2D eigenvalue weighted by atomic mass is 10.5. The second-order valence-corrected chi connectivity index (χ2v) is 2.18. The van der Waals surface area contributed by atoms with Crippen molar-refractivity contribution in [3.05, 3.63) is 0 Å². The molecule has 1 rings (SSSR count). The molecule has 0 unspecified atom stereocenters. The molecule has 38 valence electrons. The number of nitrogens with zero attached hydrogens (tertiary/aromatic N) is 2. The molecule has 1 aliphatic heterocycles. The Hall–Kier alpha value is -0.380. The maximum atomic E-state index is 5.26. The summed E-state index contributed by atoms with van der Waals surface area (Å²) in [7, 11) is 0. The van der Waals surface area contributed by atoms with Crippen LogP contribution in [0, 0.1) is 0 Å². The van der Waals surface area contributed by atoms with E-state index < -0.39 is 0 Å². The highest BCUT2D eigenvalue weighted by molar-refractivity contribution is 9.10. The predicted molar refractivity (Wildman–Crippen MR) is 32.8 cm³/mol. The smallest absolute Gasteiger partial charge is 0.141 e. The second kappa shape index (κ2) is 1.61. The number of halogens is 1. The Kier molecular flexibility index (Phi) is 1.10. The Morgan fingerprint density at radius 2 is 2.57 bits per heavy atom. The van der Waals surface area contributed by atoms with Gasteiger partial charge in [-0.05, 0) is 0 Å². The van der Waals surface area contributed by atoms with Crippen LogP contribution in [0.4, 0.5) is 0 Å². The standard InChI is InChI=1S/C3H4BrN3/c4-2-1-6-7-3(2)5/h1-2H,(H2,5,7)/t2-/m1/s1. The average molecular weight is 162 g/mol. The van der Waals surface area contributed by atoms with Crippen LogP contribution < -0.4 is 5.73 Å². The Morgan fingerprint density at radius 3 is 2.71 bits per heavy atom. The summed E-state index contributed by atoms with van der Waals surface area (Å²) in [4.78, 5) is 0.0625. The van der Waals surface area contributed by atoms with Gasteiger partial charge in [-0.3, -0.25) is 0 Å². The largest absolute Gasteiger partial charge is 0.384 e. The number of amidine groups is 1. The summed E-state index contributed by atoms with van der Waals surface area (Å²) in [5.74, 6) is 0.528. The first kappa shape index (κ1) is 4.77. The van der Waals surface area contributed by atoms with Crippen LogP contribution in [0.3, 0.4) is 0 Å². The predicted octanol–water partition coefficient (Wildman–Crippen LogP) is 0.107. The first-order valence-electron chi connectivity index (χ1n) is 1.81. The monoisotopic (exact) mass is 161 g/mol. The van der Waals surface area contributed by atoms with Gasteiger partial charge < -0.3 is 5.73 Å². The van der Waals surface area contributed by atoms with Gasteiger partial charge in [-0.1, -0.05) is 15.9 Å². The summed E-state index contributed by atoms with van der Waals surface area (Å²) >= 11 is 3.20. The van der Waals surface area contributed by atoms with Crippen LogP contribution in [-0.2, 0) is 0 Å². The molecule has 2 N–H and O–H groups in total. The third-order valence-electron chi connectivity index (χ3n) is 0.653. The highest BCUT2D eigenvalue weighted by Gasteiger charge is 2.08. The van der Waals surface area contributed by atoms with Gasteiger partial charge in [0.15, 0.2) is 0 Å². The minimum atomic E-state index is 0.0625. The van der Waals surface area contributed by atoms with Crippen molar-refractivity contribution in [2.75, 3.05) is 0 Å². The summed E-state index contributed by atoms with van der Waals surface area (Å²) in [6.45, 7) is 0. The van der Waals surface area contributed by atoms with Crippen molar-refractivity contribution in [3.8, 4) is 0 Å². The van der Waals surface area contributed by atoms with E-state index >= 15 is 0 Å². The zero-order valence-corrected chi connectivity index (χ0v) is 5.09. The van der Waals surface area contributed by atoms with Gasteiger partial charge in [0.2, 0.25) is 0 Å². The normalized spacial score (nSPS) is 28.1. The lowest BCUT2D eigenvalue weighted by Gasteiger charge is -1.89. The molecule has 0 bridgehead atoms. The Labute approximate surface area is 49.4 Å². The quantitative estimate of drug-likeness (QED) is 0.504. The van der Waals surface area contributed by atoms with Crippen molar-refractivity contribution in [1.82, 2.24) is 0 Å². The highest BCUT2D eigenvalue weighted by atomic mass is 79.9. The van der Waals surface area contributed by atoms with Crippen LogP contribution in [0.2, 0.25) is 0 Å². The summed E-state index contributed by atoms with van der Waals surface area (Å²) in [5.41, 5.74) is 5.26. The third kappa shape index (κ3) is 0.796. The summed E-state index contributed by atoms with van der Waals surface area (Å²) < 4.78 is 0. The molecule has 1 atom stereocenters. The van der Waals surface area contributed by atoms with Crippen LogP contribution in [0.15, 0.2) is 10.2 Å². The van der Waals surface area contributed by atoms with Crippen LogP contribution in [0.25, 0.3) is 0 Å². The van der Waals surface area contributed by atoms with E-state index in [0.717, 1.165) is 0 Å². The number of nitrogens with two attached hydrogens (primary N) is 1. The van der Waals surface area contributed by atoms with Gasteiger partial charge in [0.25, 0.3) is 0 Å². The summed E-state index contributed by atoms with van der Waals surface area (Å²) in [6, 6.07) is 0. The molecule has 0 aliphatic carbocycles. The minimum Gasteiger partial charge on any atom is -0.384 e. The molecule has 0 aromatic heterocycles. The maximum absolute atomic E-state index is 5.26. The highest BCUT2D eigenvalue weighted by Crippen LogP contribution is 2.01. The average Bonchev–Trinajstić information content (AvgIpc) is 1.91. The molecule has 1 aliphatic rings. The van der Waals surface area contributed by atoms with Crippen LogP contribution >= 0.6 is 15.9 Å². The third-order valence-corrected chi connectivity index (χ3v) is 1.36. The minimum absolute atomic E-state index is 0.0625. The second-order valence-electron chi connectivity index (χ2n) is 1.19. The van der Waals surface area contributed by atoms with Gasteiger partial charge in [0.1, 0.15) is 10.7 Å². The van der Waals surface area contributed by atoms with Crippen LogP contribution in [-0.4, -0.2) is 16.9 Å². The topological polar surface area (TPSA) is 50.7 Å². The number of hydrogen-bond donors (Lipinski definition) is 1. The van der Waals surface area contributed by atoms with Gasteiger partial charge in [0.05, 0.1) is 0 Å². The molecular formula is C3H4BrN3.